The van der Waals surface area contributed by atoms with E-state index in [1.54, 1.807) is 12.1 Å². The SMILES string of the molecule is CC(C)c1ccc(NC(=O)COC(=O)c2cccc(S(=O)(=O)N(C)C)c2)cc1. The molecule has 0 saturated heterocycles. The maximum Gasteiger partial charge on any atom is 0.338 e. The van der Waals surface area contributed by atoms with E-state index in [1.165, 1.54) is 38.4 Å². The van der Waals surface area contributed by atoms with Gasteiger partial charge in [-0.3, -0.25) is 4.79 Å². The van der Waals surface area contributed by atoms with Gasteiger partial charge in [0.25, 0.3) is 5.91 Å². The number of hydrogen-bond acceptors (Lipinski definition) is 5. The van der Waals surface area contributed by atoms with Crippen molar-refractivity contribution in [3.63, 3.8) is 0 Å². The number of hydrogen-bond donors (Lipinski definition) is 1. The van der Waals surface area contributed by atoms with Gasteiger partial charge in [0.1, 0.15) is 0 Å². The van der Waals surface area contributed by atoms with Crippen molar-refractivity contribution in [1.82, 2.24) is 4.31 Å². The zero-order chi connectivity index (χ0) is 20.9. The van der Waals surface area contributed by atoms with Gasteiger partial charge < -0.3 is 10.1 Å². The van der Waals surface area contributed by atoms with Crippen molar-refractivity contribution in [3.8, 4) is 0 Å². The van der Waals surface area contributed by atoms with E-state index in [-0.39, 0.29) is 10.5 Å². The Kier molecular flexibility index (Phi) is 6.93. The van der Waals surface area contributed by atoms with Gasteiger partial charge >= 0.3 is 5.97 Å². The fourth-order valence-electron chi connectivity index (χ4n) is 2.36. The van der Waals surface area contributed by atoms with Gasteiger partial charge in [-0.2, -0.15) is 0 Å². The van der Waals surface area contributed by atoms with Gasteiger partial charge in [-0.15, -0.1) is 0 Å². The molecule has 2 rings (SSSR count). The highest BCUT2D eigenvalue weighted by Gasteiger charge is 2.19. The number of anilines is 1. The first-order valence-electron chi connectivity index (χ1n) is 8.71. The van der Waals surface area contributed by atoms with E-state index in [0.29, 0.717) is 11.6 Å². The second kappa shape index (κ2) is 8.99. The molecule has 1 amide bonds. The predicted molar refractivity (Wildman–Crippen MR) is 107 cm³/mol. The van der Waals surface area contributed by atoms with Crippen LogP contribution in [0.5, 0.6) is 0 Å². The molecule has 28 heavy (non-hydrogen) atoms. The smallest absolute Gasteiger partial charge is 0.338 e. The third-order valence-corrected chi connectivity index (χ3v) is 5.85. The molecular weight excluding hydrogens is 380 g/mol. The molecule has 0 saturated carbocycles. The first-order valence-corrected chi connectivity index (χ1v) is 10.1. The van der Waals surface area contributed by atoms with Gasteiger partial charge in [0.15, 0.2) is 6.61 Å². The number of ether oxygens (including phenoxy) is 1. The Hall–Kier alpha value is -2.71. The highest BCUT2D eigenvalue weighted by atomic mass is 32.2. The van der Waals surface area contributed by atoms with Gasteiger partial charge in [0, 0.05) is 19.8 Å². The number of carbonyl (C=O) groups excluding carboxylic acids is 2. The normalized spacial score (nSPS) is 11.5. The number of amides is 1. The maximum atomic E-state index is 12.2. The quantitative estimate of drug-likeness (QED) is 0.717. The molecule has 0 radical (unpaired) electrons. The van der Waals surface area contributed by atoms with Crippen molar-refractivity contribution >= 4 is 27.6 Å². The van der Waals surface area contributed by atoms with Crippen molar-refractivity contribution < 1.29 is 22.7 Å². The molecule has 2 aromatic rings. The minimum Gasteiger partial charge on any atom is -0.452 e. The van der Waals surface area contributed by atoms with Crippen molar-refractivity contribution in [3.05, 3.63) is 59.7 Å². The summed E-state index contributed by atoms with van der Waals surface area (Å²) < 4.78 is 30.3. The highest BCUT2D eigenvalue weighted by molar-refractivity contribution is 7.89. The van der Waals surface area contributed by atoms with Gasteiger partial charge in [-0.1, -0.05) is 32.0 Å². The molecule has 0 aliphatic rings. The standard InChI is InChI=1S/C20H24N2O5S/c1-14(2)15-8-10-17(11-9-15)21-19(23)13-27-20(24)16-6-5-7-18(12-16)28(25,26)22(3)4/h5-12,14H,13H2,1-4H3,(H,21,23). The van der Waals surface area contributed by atoms with Crippen LogP contribution in [0.15, 0.2) is 53.4 Å². The Labute approximate surface area is 165 Å². The van der Waals surface area contributed by atoms with Crippen LogP contribution >= 0.6 is 0 Å². The van der Waals surface area contributed by atoms with Gasteiger partial charge in [0.2, 0.25) is 10.0 Å². The fraction of sp³-hybridized carbons (Fsp3) is 0.300. The lowest BCUT2D eigenvalue weighted by Crippen LogP contribution is -2.23. The molecule has 0 spiro atoms. The van der Waals surface area contributed by atoms with E-state index in [4.69, 9.17) is 4.74 Å². The zero-order valence-electron chi connectivity index (χ0n) is 16.3. The van der Waals surface area contributed by atoms with Crippen LogP contribution in [0.1, 0.15) is 35.7 Å². The summed E-state index contributed by atoms with van der Waals surface area (Å²) >= 11 is 0. The van der Waals surface area contributed by atoms with E-state index < -0.39 is 28.5 Å². The molecule has 0 aliphatic heterocycles. The molecule has 2 aromatic carbocycles. The second-order valence-electron chi connectivity index (χ2n) is 6.72. The number of nitrogens with zero attached hydrogens (tertiary/aromatic N) is 1. The number of esters is 1. The minimum absolute atomic E-state index is 0.0263. The van der Waals surface area contributed by atoms with E-state index >= 15 is 0 Å². The maximum absolute atomic E-state index is 12.2. The first-order chi connectivity index (χ1) is 13.1. The average molecular weight is 404 g/mol. The van der Waals surface area contributed by atoms with E-state index in [2.05, 4.69) is 19.2 Å². The monoisotopic (exact) mass is 404 g/mol. The largest absolute Gasteiger partial charge is 0.452 e. The summed E-state index contributed by atoms with van der Waals surface area (Å²) in [6, 6.07) is 12.9. The molecule has 8 heteroatoms. The van der Waals surface area contributed by atoms with Crippen LogP contribution in [-0.4, -0.2) is 45.3 Å². The number of sulfonamides is 1. The Morgan fingerprint density at radius 1 is 1.07 bits per heavy atom. The Morgan fingerprint density at radius 3 is 2.29 bits per heavy atom. The third-order valence-electron chi connectivity index (χ3n) is 4.04. The Morgan fingerprint density at radius 2 is 1.71 bits per heavy atom. The molecule has 0 heterocycles. The second-order valence-corrected chi connectivity index (χ2v) is 8.87. The lowest BCUT2D eigenvalue weighted by Gasteiger charge is -2.12. The van der Waals surface area contributed by atoms with E-state index in [9.17, 15) is 18.0 Å². The van der Waals surface area contributed by atoms with Crippen LogP contribution in [0.25, 0.3) is 0 Å². The minimum atomic E-state index is -3.67. The Bertz CT molecular complexity index is 951. The van der Waals surface area contributed by atoms with Crippen molar-refractivity contribution in [2.45, 2.75) is 24.7 Å². The molecular formula is C20H24N2O5S. The van der Waals surface area contributed by atoms with Gasteiger partial charge in [-0.25, -0.2) is 17.5 Å². The number of benzene rings is 2. The third kappa shape index (κ3) is 5.40. The Balaban J connectivity index is 1.97. The molecule has 1 N–H and O–H groups in total. The molecule has 0 unspecified atom stereocenters. The van der Waals surface area contributed by atoms with Crippen LogP contribution in [0.4, 0.5) is 5.69 Å². The molecule has 7 nitrogen and oxygen atoms in total. The van der Waals surface area contributed by atoms with Crippen LogP contribution in [0.3, 0.4) is 0 Å². The molecule has 0 atom stereocenters. The topological polar surface area (TPSA) is 92.8 Å². The van der Waals surface area contributed by atoms with Gasteiger partial charge in [0.05, 0.1) is 10.5 Å². The molecule has 0 fully saturated rings. The van der Waals surface area contributed by atoms with Crippen molar-refractivity contribution in [2.24, 2.45) is 0 Å². The lowest BCUT2D eigenvalue weighted by atomic mass is 10.0. The number of carbonyl (C=O) groups is 2. The highest BCUT2D eigenvalue weighted by Crippen LogP contribution is 2.17. The summed E-state index contributed by atoms with van der Waals surface area (Å²) in [4.78, 5) is 24.1. The summed E-state index contributed by atoms with van der Waals surface area (Å²) in [5, 5.41) is 2.65. The van der Waals surface area contributed by atoms with Crippen molar-refractivity contribution in [2.75, 3.05) is 26.0 Å². The number of rotatable bonds is 7. The van der Waals surface area contributed by atoms with Crippen LogP contribution in [-0.2, 0) is 19.6 Å². The van der Waals surface area contributed by atoms with Crippen molar-refractivity contribution in [1.29, 1.82) is 0 Å². The van der Waals surface area contributed by atoms with Gasteiger partial charge in [-0.05, 0) is 41.8 Å². The van der Waals surface area contributed by atoms with Crippen LogP contribution in [0, 0.1) is 0 Å². The van der Waals surface area contributed by atoms with E-state index in [0.717, 1.165) is 9.87 Å². The first kappa shape index (κ1) is 21.6. The number of nitrogens with one attached hydrogen (secondary N) is 1. The summed E-state index contributed by atoms with van der Waals surface area (Å²) in [6.45, 7) is 3.67. The summed E-state index contributed by atoms with van der Waals surface area (Å²) in [5.41, 5.74) is 1.80. The lowest BCUT2D eigenvalue weighted by molar-refractivity contribution is -0.119. The van der Waals surface area contributed by atoms with E-state index in [1.807, 2.05) is 12.1 Å². The van der Waals surface area contributed by atoms with Crippen LogP contribution in [0.2, 0.25) is 0 Å². The summed E-state index contributed by atoms with van der Waals surface area (Å²) in [5.74, 6) is -0.874. The van der Waals surface area contributed by atoms with Crippen LogP contribution < -0.4 is 5.32 Å². The molecule has 0 aromatic heterocycles. The predicted octanol–water partition coefficient (Wildman–Crippen LogP) is 2.86. The summed E-state index contributed by atoms with van der Waals surface area (Å²) in [6.07, 6.45) is 0. The average Bonchev–Trinajstić information content (AvgIpc) is 2.66. The zero-order valence-corrected chi connectivity index (χ0v) is 17.1. The fourth-order valence-corrected chi connectivity index (χ4v) is 3.31. The molecule has 0 aliphatic carbocycles. The summed E-state index contributed by atoms with van der Waals surface area (Å²) in [7, 11) is -0.866. The molecule has 0 bridgehead atoms. The molecule has 150 valence electrons.